The van der Waals surface area contributed by atoms with Crippen LogP contribution in [0, 0.1) is 107 Å². The summed E-state index contributed by atoms with van der Waals surface area (Å²) in [6.45, 7) is 38.0. The molecule has 0 saturated carbocycles. The fourth-order valence-corrected chi connectivity index (χ4v) is 17.8. The number of aryl methyl sites for hydroxylation is 12. The maximum Gasteiger partial charge on any atom is 0.325 e. The van der Waals surface area contributed by atoms with Crippen LogP contribution < -0.4 is 55.7 Å². The van der Waals surface area contributed by atoms with Crippen molar-refractivity contribution >= 4 is 92.4 Å². The van der Waals surface area contributed by atoms with Crippen LogP contribution in [0.2, 0.25) is 0 Å². The average molecular weight is 2060 g/mol. The van der Waals surface area contributed by atoms with E-state index in [1.54, 1.807) is 25.3 Å². The molecule has 0 bridgehead atoms. The third-order valence-corrected chi connectivity index (χ3v) is 26.8. The van der Waals surface area contributed by atoms with Crippen molar-refractivity contribution in [2.75, 3.05) is 88.5 Å². The number of esters is 1. The van der Waals surface area contributed by atoms with E-state index in [-0.39, 0.29) is 42.0 Å². The van der Waals surface area contributed by atoms with Crippen LogP contribution in [0.15, 0.2) is 199 Å². The maximum absolute atomic E-state index is 11.4. The Hall–Kier alpha value is -15.7. The summed E-state index contributed by atoms with van der Waals surface area (Å²) in [5.74, 6) is 6.19. The fourth-order valence-electron chi connectivity index (χ4n) is 16.7. The minimum absolute atomic E-state index is 0.0382. The van der Waals surface area contributed by atoms with Gasteiger partial charge >= 0.3 is 5.97 Å². The van der Waals surface area contributed by atoms with Gasteiger partial charge in [-0.1, -0.05) is 140 Å². The van der Waals surface area contributed by atoms with E-state index in [2.05, 4.69) is 314 Å². The number of carbonyl (C=O) groups is 1. The van der Waals surface area contributed by atoms with Gasteiger partial charge in [0, 0.05) is 120 Å². The van der Waals surface area contributed by atoms with Crippen molar-refractivity contribution in [2.45, 2.75) is 200 Å². The molecule has 1 aliphatic heterocycles. The molecule has 0 amide bonds. The van der Waals surface area contributed by atoms with Crippen LogP contribution in [0.1, 0.15) is 171 Å². The molecule has 32 nitrogen and oxygen atoms in total. The lowest BCUT2D eigenvalue weighted by Crippen LogP contribution is -2.34. The van der Waals surface area contributed by atoms with Crippen LogP contribution in [0.25, 0.3) is 67.5 Å². The van der Waals surface area contributed by atoms with E-state index in [9.17, 15) is 4.79 Å². The SMILES string of the molecule is CCOC(=O)CNc1cc(-c2cccc(C)c2C)nc(N)n1.Cc1cccc(-c2cc(CC3CCOC(C)(C)C3)nc(N)n2)c1C.Cc1cccc(-c2cc(NC(C)CCc3ccccc3)nc(N)n2)c1C.Cc1cccc(-c2cc(NCCCc3ccc(C#N)cn3)nc(N)n2)c1C.Cc1cccc(-c2cc(NCCCc3nc(Br)ns3)nc(N)n2)c1C.Cc1nc(CCc2cc(-c3cccc(C)c3C)nc(N)n2)n[nH]1. The molecular weight excluding hydrogens is 1920 g/mol. The Labute approximate surface area is 874 Å². The van der Waals surface area contributed by atoms with Gasteiger partial charge in [-0.3, -0.25) is 14.9 Å². The fraction of sp³-hybridized carbons (Fsp3) is 0.319. The van der Waals surface area contributed by atoms with Crippen LogP contribution >= 0.6 is 27.5 Å². The molecule has 7 aromatic carbocycles. The highest BCUT2D eigenvalue weighted by Gasteiger charge is 2.30. The number of rotatable bonds is 30. The second-order valence-corrected chi connectivity index (χ2v) is 38.6. The lowest BCUT2D eigenvalue weighted by Gasteiger charge is -2.35. The van der Waals surface area contributed by atoms with E-state index in [1.807, 2.05) is 106 Å². The first kappa shape index (κ1) is 110. The summed E-state index contributed by atoms with van der Waals surface area (Å²) in [5, 5.41) is 29.8. The highest BCUT2D eigenvalue weighted by Crippen LogP contribution is 2.36. The standard InChI is InChI=1S/C22H26N4.C21H22N6.C20H27N3O.C17H19BrN6S.C17H20N6.C16H20N4O2/c1-15-8-7-11-19(17(15)3)20-14-21(26-22(23)25-20)24-16(2)12-13-18-9-5-4-6-10-18;1-14-5-3-7-18(15(14)2)19-11-20(27-21(23)26-19)24-10-4-6-17-9-8-16(12-22)13-25-17;1-13-6-5-7-17(14(13)2)18-11-16(22-19(21)23-18)10-15-8-9-24-20(3,4)12-15;1-10-5-3-6-12(11(10)2)13-9-14(22-17(19)21-13)20-8-4-7-15-23-16(18)24-25-15;1-10-5-4-6-14(11(10)2)15-9-13(20-17(18)21-15)7-8-16-19-12(3)22-23-16;1-4-22-15(21)9-18-14-8-13(19-16(17)20-14)12-7-5-6-10(2)11(12)3/h4-11,14,16H,12-13H2,1-3H3,(H3,23,24,25,26);3,5,7-9,11,13H,4,6,10H2,1-2H3,(H3,23,24,26,27);5-7,11,15H,8-10,12H2,1-4H3,(H2,21,22,23);3,5-6,9H,4,7-8H2,1-2H3,(H3,19,20,21,22);4-6,9H,7-8H2,1-3H3,(H2,18,20,21)(H,19,22,23);5-8H,4,9H2,1-3H3,(H3,17,18,19,20). The Bertz CT molecular complexity index is 7180. The zero-order chi connectivity index (χ0) is 105. The van der Waals surface area contributed by atoms with Crippen molar-refractivity contribution < 1.29 is 14.3 Å². The van der Waals surface area contributed by atoms with E-state index < -0.39 is 0 Å². The summed E-state index contributed by atoms with van der Waals surface area (Å²) in [7, 11) is 0. The number of carbonyl (C=O) groups excluding carboxylic acids is 1. The number of hydrogen-bond acceptors (Lipinski definition) is 32. The molecule has 0 radical (unpaired) electrons. The van der Waals surface area contributed by atoms with E-state index in [0.717, 1.165) is 202 Å². The van der Waals surface area contributed by atoms with Gasteiger partial charge in [0.25, 0.3) is 0 Å². The molecular formula is C113H134BrN29O3S. The third kappa shape index (κ3) is 33.2. The highest BCUT2D eigenvalue weighted by atomic mass is 79.9. The number of aromatic amines is 1. The van der Waals surface area contributed by atoms with Gasteiger partial charge in [-0.05, 0) is 305 Å². The number of ether oxygens (including phenoxy) is 2. The Kier molecular flexibility index (Phi) is 39.8. The molecule has 10 heterocycles. The average Bonchev–Trinajstić information content (AvgIpc) is 1.29. The van der Waals surface area contributed by atoms with Crippen molar-refractivity contribution in [3.63, 3.8) is 0 Å². The second-order valence-electron chi connectivity index (χ2n) is 37.1. The number of nitrogens with one attached hydrogen (secondary N) is 5. The van der Waals surface area contributed by atoms with Gasteiger partial charge in [0.2, 0.25) is 40.4 Å². The van der Waals surface area contributed by atoms with Gasteiger partial charge in [-0.25, -0.2) is 49.8 Å². The third-order valence-electron chi connectivity index (χ3n) is 25.4. The quantitative estimate of drug-likeness (QED) is 0.0147. The molecule has 17 N–H and O–H groups in total. The van der Waals surface area contributed by atoms with Crippen molar-refractivity contribution in [3.8, 4) is 73.6 Å². The maximum atomic E-state index is 11.4. The number of benzene rings is 7. The van der Waals surface area contributed by atoms with Crippen molar-refractivity contribution in [3.05, 3.63) is 311 Å². The molecule has 17 rings (SSSR count). The van der Waals surface area contributed by atoms with Crippen LogP contribution in [0.4, 0.5) is 59.0 Å². The van der Waals surface area contributed by atoms with E-state index in [1.165, 1.54) is 78.3 Å². The van der Waals surface area contributed by atoms with Crippen molar-refractivity contribution in [1.29, 1.82) is 5.26 Å². The van der Waals surface area contributed by atoms with Gasteiger partial charge in [-0.15, -0.1) is 0 Å². The molecule has 34 heteroatoms. The Morgan fingerprint density at radius 2 is 0.891 bits per heavy atom. The topological polar surface area (TPSA) is 498 Å². The number of pyridine rings is 1. The number of aromatic nitrogens is 18. The van der Waals surface area contributed by atoms with E-state index in [0.29, 0.717) is 58.7 Å². The minimum Gasteiger partial charge on any atom is -0.465 e. The predicted octanol–water partition coefficient (Wildman–Crippen LogP) is 21.4. The van der Waals surface area contributed by atoms with Gasteiger partial charge in [-0.2, -0.15) is 34.7 Å². The number of nitrogen functional groups attached to an aromatic ring is 6. The number of nitrogens with two attached hydrogens (primary N) is 6. The van der Waals surface area contributed by atoms with Gasteiger partial charge < -0.3 is 65.1 Å². The minimum atomic E-state index is -0.340. The van der Waals surface area contributed by atoms with E-state index >= 15 is 0 Å². The number of H-pyrrole nitrogens is 1. The van der Waals surface area contributed by atoms with E-state index in [4.69, 9.17) is 49.1 Å². The molecule has 0 aliphatic carbocycles. The molecule has 147 heavy (non-hydrogen) atoms. The zero-order valence-corrected chi connectivity index (χ0v) is 89.4. The molecule has 762 valence electrons. The number of hydrogen-bond donors (Lipinski definition) is 11. The van der Waals surface area contributed by atoms with Crippen molar-refractivity contribution in [2.24, 2.45) is 5.92 Å². The molecule has 1 saturated heterocycles. The van der Waals surface area contributed by atoms with Crippen LogP contribution in [-0.2, 0) is 52.8 Å². The normalized spacial score (nSPS) is 12.4. The Morgan fingerprint density at radius 3 is 1.30 bits per heavy atom. The lowest BCUT2D eigenvalue weighted by atomic mass is 9.85. The smallest absolute Gasteiger partial charge is 0.325 e. The molecule has 0 spiro atoms. The molecule has 9 aromatic heterocycles. The molecule has 16 aromatic rings. The van der Waals surface area contributed by atoms with Crippen LogP contribution in [0.5, 0.6) is 0 Å². The van der Waals surface area contributed by atoms with Gasteiger partial charge in [0.1, 0.15) is 46.7 Å². The highest BCUT2D eigenvalue weighted by molar-refractivity contribution is 9.10. The molecule has 2 atom stereocenters. The van der Waals surface area contributed by atoms with Gasteiger partial charge in [0.05, 0.1) is 51.9 Å². The molecule has 2 unspecified atom stereocenters. The van der Waals surface area contributed by atoms with Crippen molar-refractivity contribution in [1.82, 2.24) is 89.3 Å². The summed E-state index contributed by atoms with van der Waals surface area (Å²) >= 11 is 4.69. The summed E-state index contributed by atoms with van der Waals surface area (Å²) in [6.07, 6.45) is 11.7. The monoisotopic (exact) mass is 2060 g/mol. The first-order valence-electron chi connectivity index (χ1n) is 49.3. The second kappa shape index (κ2) is 53.2. The van der Waals surface area contributed by atoms with Crippen LogP contribution in [-0.4, -0.2) is 140 Å². The predicted molar refractivity (Wildman–Crippen MR) is 596 cm³/mol. The first-order chi connectivity index (χ1) is 70.5. The first-order valence-corrected chi connectivity index (χ1v) is 50.8. The molecule has 1 fully saturated rings. The summed E-state index contributed by atoms with van der Waals surface area (Å²) < 4.78 is 15.5. The number of nitriles is 1. The molecule has 1 aliphatic rings. The number of anilines is 10. The number of halogens is 1. The van der Waals surface area contributed by atoms with Crippen LogP contribution in [0.3, 0.4) is 0 Å². The Balaban J connectivity index is 0.000000157. The zero-order valence-electron chi connectivity index (χ0n) is 87.0. The largest absolute Gasteiger partial charge is 0.465 e. The summed E-state index contributed by atoms with van der Waals surface area (Å²) in [6, 6.07) is 65.3. The number of nitrogens with zero attached hydrogens (tertiary/aromatic N) is 18. The summed E-state index contributed by atoms with van der Waals surface area (Å²) in [4.78, 5) is 76.5. The summed E-state index contributed by atoms with van der Waals surface area (Å²) in [5.41, 5.74) is 66.2. The van der Waals surface area contributed by atoms with Gasteiger partial charge in [0.15, 0.2) is 5.82 Å². The Morgan fingerprint density at radius 1 is 0.476 bits per heavy atom. The lowest BCUT2D eigenvalue weighted by molar-refractivity contribution is -0.140.